The molecular formula is C67H46IrN3S. The number of aryl methyl sites for hydroxylation is 4. The summed E-state index contributed by atoms with van der Waals surface area (Å²) in [7, 11) is 0. The molecule has 4 heterocycles. The fourth-order valence-corrected chi connectivity index (χ4v) is 10.9. The smallest absolute Gasteiger partial charge is 0.305 e. The van der Waals surface area contributed by atoms with Crippen molar-refractivity contribution in [3.63, 3.8) is 0 Å². The molecule has 0 fully saturated rings. The van der Waals surface area contributed by atoms with E-state index in [-0.39, 0.29) is 20.1 Å². The van der Waals surface area contributed by atoms with Crippen molar-refractivity contribution in [2.45, 2.75) is 25.7 Å². The van der Waals surface area contributed by atoms with Crippen LogP contribution in [-0.2, 0) is 45.8 Å². The maximum absolute atomic E-state index is 5.03. The molecule has 0 saturated heterocycles. The molecule has 12 rings (SSSR count). The molecule has 5 heteroatoms. The summed E-state index contributed by atoms with van der Waals surface area (Å²) < 4.78 is 2.44. The van der Waals surface area contributed by atoms with Crippen LogP contribution in [0.5, 0.6) is 0 Å². The van der Waals surface area contributed by atoms with E-state index in [1.807, 2.05) is 55.0 Å². The van der Waals surface area contributed by atoms with Crippen molar-refractivity contribution in [1.29, 1.82) is 0 Å². The van der Waals surface area contributed by atoms with Gasteiger partial charge in [-0.1, -0.05) is 169 Å². The number of thiophene rings is 1. The Balaban J connectivity index is 0.00000560. The van der Waals surface area contributed by atoms with E-state index in [1.54, 1.807) is 11.3 Å². The van der Waals surface area contributed by atoms with Crippen LogP contribution in [0.3, 0.4) is 0 Å². The van der Waals surface area contributed by atoms with E-state index in [2.05, 4.69) is 204 Å². The number of aromatic nitrogens is 3. The summed E-state index contributed by atoms with van der Waals surface area (Å²) in [6.07, 6.45) is 9.18. The predicted octanol–water partition coefficient (Wildman–Crippen LogP) is 16.9. The van der Waals surface area contributed by atoms with Crippen molar-refractivity contribution in [2.75, 3.05) is 0 Å². The molecule has 72 heavy (non-hydrogen) atoms. The van der Waals surface area contributed by atoms with Gasteiger partial charge in [-0.3, -0.25) is 0 Å². The van der Waals surface area contributed by atoms with Crippen molar-refractivity contribution in [3.8, 4) is 78.3 Å². The third kappa shape index (κ3) is 9.88. The van der Waals surface area contributed by atoms with Crippen LogP contribution in [0, 0.1) is 18.2 Å². The summed E-state index contributed by atoms with van der Waals surface area (Å²) in [5.74, 6) is 0. The number of benzene rings is 8. The molecule has 0 aliphatic carbocycles. The Kier molecular flexibility index (Phi) is 13.7. The van der Waals surface area contributed by atoms with Gasteiger partial charge in [0.2, 0.25) is 0 Å². The normalized spacial score (nSPS) is 11.2. The van der Waals surface area contributed by atoms with Crippen LogP contribution >= 0.6 is 11.3 Å². The van der Waals surface area contributed by atoms with Gasteiger partial charge < -0.3 is 15.0 Å². The molecule has 0 aliphatic heterocycles. The maximum atomic E-state index is 5.03. The van der Waals surface area contributed by atoms with Gasteiger partial charge in [-0.25, -0.2) is 0 Å². The van der Waals surface area contributed by atoms with Gasteiger partial charge in [0, 0.05) is 33.7 Å². The molecule has 3 nitrogen and oxygen atoms in total. The minimum atomic E-state index is 0. The Morgan fingerprint density at radius 2 is 0.917 bits per heavy atom. The van der Waals surface area contributed by atoms with Gasteiger partial charge in [-0.15, -0.1) is 106 Å². The van der Waals surface area contributed by atoms with Gasteiger partial charge in [0.1, 0.15) is 0 Å². The molecule has 0 unspecified atom stereocenters. The summed E-state index contributed by atoms with van der Waals surface area (Å²) in [4.78, 5) is 14.1. The van der Waals surface area contributed by atoms with E-state index >= 15 is 0 Å². The third-order valence-electron chi connectivity index (χ3n) is 13.4. The number of hydrogen-bond donors (Lipinski definition) is 0. The second kappa shape index (κ2) is 21.2. The third-order valence-corrected chi connectivity index (χ3v) is 14.6. The Hall–Kier alpha value is -7.92. The number of pyridine rings is 3. The minimum absolute atomic E-state index is 0. The molecule has 344 valence electrons. The molecule has 0 spiro atoms. The van der Waals surface area contributed by atoms with Crippen molar-refractivity contribution < 1.29 is 20.1 Å². The van der Waals surface area contributed by atoms with E-state index < -0.39 is 0 Å². The molecule has 0 bridgehead atoms. The van der Waals surface area contributed by atoms with Gasteiger partial charge in [-0.05, 0) is 98.2 Å². The van der Waals surface area contributed by atoms with Crippen molar-refractivity contribution in [2.24, 2.45) is 0 Å². The molecular weight excluding hydrogens is 1070 g/mol. The summed E-state index contributed by atoms with van der Waals surface area (Å²) in [5.41, 5.74) is 20.2. The summed E-state index contributed by atoms with van der Waals surface area (Å²) >= 11 is 1.80. The van der Waals surface area contributed by atoms with Gasteiger partial charge in [0.25, 0.3) is 0 Å². The number of hydrogen-bond acceptors (Lipinski definition) is 4. The molecule has 0 atom stereocenters. The summed E-state index contributed by atoms with van der Waals surface area (Å²) in [5, 5.41) is 2.48. The SMILES string of the molecule is [Ir+3].[c-]1cc(CCc2cc(CCc3c[c-]c(-c4ccccn4)cc3)cc(-c3ccccc3-c3c[c-]c(-c4nccc5c4sc4ccccc45)cc3-c3ccc(-c4ccccc4)cc3)c2)ccc1-c1ccccn1. The van der Waals surface area contributed by atoms with Crippen LogP contribution < -0.4 is 0 Å². The second-order valence-electron chi connectivity index (χ2n) is 18.0. The topological polar surface area (TPSA) is 38.7 Å². The molecule has 0 aliphatic rings. The van der Waals surface area contributed by atoms with Crippen LogP contribution in [0.2, 0.25) is 0 Å². The van der Waals surface area contributed by atoms with Crippen LogP contribution in [0.1, 0.15) is 22.3 Å². The van der Waals surface area contributed by atoms with E-state index in [0.29, 0.717) is 0 Å². The standard InChI is InChI=1S/C67H46N3S.Ir/c1-2-12-50(13-3-1)51-32-34-52(35-33-51)62-45-55(66-67-61(38-41-70-66)60-16-6-7-19-65(60)71-67)36-37-59(62)58-15-5-4-14-57(58)56-43-48(22-20-46-24-28-53(29-25-46)63-17-8-10-39-68-63)42-49(44-56)23-21-47-26-30-54(31-27-47)64-18-9-11-40-69-64;/h1-19,24-28,30,32-35,37-45H,20-23H2;/q-3;+3. The Morgan fingerprint density at radius 1 is 0.347 bits per heavy atom. The Morgan fingerprint density at radius 3 is 1.56 bits per heavy atom. The second-order valence-corrected chi connectivity index (χ2v) is 19.0. The Bertz CT molecular complexity index is 3670. The first-order valence-electron chi connectivity index (χ1n) is 24.2. The minimum Gasteiger partial charge on any atom is -0.305 e. The maximum Gasteiger partial charge on any atom is 3.00 e. The van der Waals surface area contributed by atoms with E-state index in [4.69, 9.17) is 4.98 Å². The fraction of sp³-hybridized carbons (Fsp3) is 0.0597. The predicted molar refractivity (Wildman–Crippen MR) is 295 cm³/mol. The van der Waals surface area contributed by atoms with Crippen molar-refractivity contribution in [3.05, 3.63) is 271 Å². The number of rotatable bonds is 13. The molecule has 0 radical (unpaired) electrons. The van der Waals surface area contributed by atoms with Crippen LogP contribution in [-0.4, -0.2) is 15.0 Å². The van der Waals surface area contributed by atoms with Gasteiger partial charge in [-0.2, -0.15) is 0 Å². The first kappa shape index (κ1) is 46.5. The largest absolute Gasteiger partial charge is 3.00 e. The van der Waals surface area contributed by atoms with Crippen molar-refractivity contribution in [1.82, 2.24) is 15.0 Å². The Labute approximate surface area is 439 Å². The molecule has 0 amide bonds. The number of fused-ring (bicyclic) bond motifs is 3. The van der Waals surface area contributed by atoms with E-state index in [1.165, 1.54) is 64.7 Å². The molecule has 0 N–H and O–H groups in total. The first-order valence-corrected chi connectivity index (χ1v) is 25.0. The first-order chi connectivity index (χ1) is 35.2. The molecule has 8 aromatic carbocycles. The zero-order chi connectivity index (χ0) is 47.3. The van der Waals surface area contributed by atoms with Gasteiger partial charge >= 0.3 is 20.1 Å². The van der Waals surface area contributed by atoms with Crippen LogP contribution in [0.25, 0.3) is 98.5 Å². The van der Waals surface area contributed by atoms with E-state index in [0.717, 1.165) is 81.7 Å². The quantitative estimate of drug-likeness (QED) is 0.108. The summed E-state index contributed by atoms with van der Waals surface area (Å²) in [6.45, 7) is 0. The van der Waals surface area contributed by atoms with Gasteiger partial charge in [0.15, 0.2) is 0 Å². The zero-order valence-electron chi connectivity index (χ0n) is 39.4. The van der Waals surface area contributed by atoms with Crippen molar-refractivity contribution >= 4 is 31.5 Å². The van der Waals surface area contributed by atoms with E-state index in [9.17, 15) is 0 Å². The average molecular weight is 1120 g/mol. The van der Waals surface area contributed by atoms with Gasteiger partial charge in [0.05, 0.1) is 0 Å². The average Bonchev–Trinajstić information content (AvgIpc) is 3.84. The number of nitrogens with zero attached hydrogens (tertiary/aromatic N) is 3. The van der Waals surface area contributed by atoms with Crippen LogP contribution in [0.15, 0.2) is 231 Å². The molecule has 0 saturated carbocycles. The molecule has 4 aromatic heterocycles. The fourth-order valence-electron chi connectivity index (χ4n) is 9.75. The zero-order valence-corrected chi connectivity index (χ0v) is 42.6. The molecule has 12 aromatic rings. The monoisotopic (exact) mass is 1120 g/mol. The summed E-state index contributed by atoms with van der Waals surface area (Å²) in [6, 6.07) is 86.7. The van der Waals surface area contributed by atoms with Crippen LogP contribution in [0.4, 0.5) is 0 Å².